The Hall–Kier alpha value is -2.55. The summed E-state index contributed by atoms with van der Waals surface area (Å²) < 4.78 is 5.35. The van der Waals surface area contributed by atoms with Crippen molar-refractivity contribution in [3.63, 3.8) is 0 Å². The number of carbonyl (C=O) groups is 1. The number of benzene rings is 2. The number of anilines is 1. The van der Waals surface area contributed by atoms with E-state index < -0.39 is 0 Å². The summed E-state index contributed by atoms with van der Waals surface area (Å²) in [6, 6.07) is 15.5. The summed E-state index contributed by atoms with van der Waals surface area (Å²) in [5.41, 5.74) is 10.5. The van der Waals surface area contributed by atoms with Crippen molar-refractivity contribution in [1.82, 2.24) is 0 Å². The maximum atomic E-state index is 12.0. The minimum atomic E-state index is -0.296. The fraction of sp³-hybridized carbons (Fsp3) is 0.364. The summed E-state index contributed by atoms with van der Waals surface area (Å²) in [4.78, 5) is 14.2. The summed E-state index contributed by atoms with van der Waals surface area (Å²) in [6.07, 6.45) is 2.43. The summed E-state index contributed by atoms with van der Waals surface area (Å²) >= 11 is 0. The second kappa shape index (κ2) is 10.1. The Morgan fingerprint density at radius 3 is 2.75 bits per heavy atom. The molecular formula is C22H26ClN3O2. The molecule has 0 spiro atoms. The average molecular weight is 400 g/mol. The van der Waals surface area contributed by atoms with Crippen LogP contribution in [0.15, 0.2) is 42.5 Å². The van der Waals surface area contributed by atoms with Crippen LogP contribution in [-0.2, 0) is 17.6 Å². The molecule has 5 nitrogen and oxygen atoms in total. The van der Waals surface area contributed by atoms with Crippen LogP contribution in [0.3, 0.4) is 0 Å². The van der Waals surface area contributed by atoms with Gasteiger partial charge in [-0.05, 0) is 55.5 Å². The number of nitriles is 1. The standard InChI is InChI=1S/C22H25N3O2.ClH/c1-16(24)12-17-13-19-8-10-25(21(19)20(14-17)15-23)9-5-11-27-22(26)18-6-3-2-4-7-18;/h2-4,6-7,13-14,16H,5,8-12,24H2,1H3;1H/t16-;/m1./s1. The predicted octanol–water partition coefficient (Wildman–Crippen LogP) is 3.48. The maximum Gasteiger partial charge on any atom is 0.338 e. The van der Waals surface area contributed by atoms with E-state index in [4.69, 9.17) is 10.5 Å². The van der Waals surface area contributed by atoms with Gasteiger partial charge in [0.2, 0.25) is 0 Å². The zero-order chi connectivity index (χ0) is 19.2. The largest absolute Gasteiger partial charge is 0.462 e. The Morgan fingerprint density at radius 1 is 1.32 bits per heavy atom. The van der Waals surface area contributed by atoms with Gasteiger partial charge in [0, 0.05) is 19.1 Å². The minimum Gasteiger partial charge on any atom is -0.462 e. The van der Waals surface area contributed by atoms with Gasteiger partial charge in [0.15, 0.2) is 0 Å². The van der Waals surface area contributed by atoms with Gasteiger partial charge in [-0.15, -0.1) is 12.4 Å². The summed E-state index contributed by atoms with van der Waals surface area (Å²) in [5, 5.41) is 9.57. The molecule has 0 saturated heterocycles. The summed E-state index contributed by atoms with van der Waals surface area (Å²) in [6.45, 7) is 3.99. The molecule has 6 heteroatoms. The molecule has 1 aliphatic rings. The van der Waals surface area contributed by atoms with E-state index in [9.17, 15) is 10.1 Å². The van der Waals surface area contributed by atoms with Crippen LogP contribution in [0.25, 0.3) is 0 Å². The van der Waals surface area contributed by atoms with Crippen molar-refractivity contribution in [2.45, 2.75) is 32.2 Å². The van der Waals surface area contributed by atoms with Crippen molar-refractivity contribution < 1.29 is 9.53 Å². The van der Waals surface area contributed by atoms with E-state index in [0.29, 0.717) is 17.7 Å². The Balaban J connectivity index is 0.00000280. The van der Waals surface area contributed by atoms with E-state index in [1.54, 1.807) is 12.1 Å². The van der Waals surface area contributed by atoms with E-state index in [1.165, 1.54) is 5.56 Å². The summed E-state index contributed by atoms with van der Waals surface area (Å²) in [5.74, 6) is -0.296. The van der Waals surface area contributed by atoms with E-state index >= 15 is 0 Å². The quantitative estimate of drug-likeness (QED) is 0.569. The smallest absolute Gasteiger partial charge is 0.338 e. The zero-order valence-electron chi connectivity index (χ0n) is 16.1. The van der Waals surface area contributed by atoms with Gasteiger partial charge in [0.05, 0.1) is 23.4 Å². The third-order valence-corrected chi connectivity index (χ3v) is 4.71. The van der Waals surface area contributed by atoms with Gasteiger partial charge < -0.3 is 15.4 Å². The number of halogens is 1. The molecule has 0 amide bonds. The first-order valence-corrected chi connectivity index (χ1v) is 9.37. The molecule has 2 N–H and O–H groups in total. The van der Waals surface area contributed by atoms with Crippen LogP contribution in [0.2, 0.25) is 0 Å². The molecule has 148 valence electrons. The van der Waals surface area contributed by atoms with Crippen LogP contribution >= 0.6 is 12.4 Å². The highest BCUT2D eigenvalue weighted by atomic mass is 35.5. The Labute approximate surface area is 172 Å². The molecule has 0 aliphatic carbocycles. The van der Waals surface area contributed by atoms with Crippen LogP contribution < -0.4 is 10.6 Å². The molecule has 2 aromatic carbocycles. The normalized spacial score (nSPS) is 13.2. The Kier molecular flexibility index (Phi) is 7.86. The van der Waals surface area contributed by atoms with Gasteiger partial charge in [-0.2, -0.15) is 5.26 Å². The molecule has 0 saturated carbocycles. The van der Waals surface area contributed by atoms with Gasteiger partial charge in [0.25, 0.3) is 0 Å². The Bertz CT molecular complexity index is 847. The lowest BCUT2D eigenvalue weighted by molar-refractivity contribution is 0.0502. The van der Waals surface area contributed by atoms with Crippen LogP contribution in [0.1, 0.15) is 40.4 Å². The van der Waals surface area contributed by atoms with Crippen molar-refractivity contribution in [3.8, 4) is 6.07 Å². The van der Waals surface area contributed by atoms with Crippen LogP contribution in [0.5, 0.6) is 0 Å². The molecule has 3 rings (SSSR count). The molecular weight excluding hydrogens is 374 g/mol. The lowest BCUT2D eigenvalue weighted by Gasteiger charge is -2.21. The van der Waals surface area contributed by atoms with Crippen molar-refractivity contribution in [2.24, 2.45) is 5.73 Å². The first-order chi connectivity index (χ1) is 13.1. The molecule has 0 aromatic heterocycles. The second-order valence-electron chi connectivity index (χ2n) is 7.04. The van der Waals surface area contributed by atoms with Gasteiger partial charge >= 0.3 is 5.97 Å². The number of nitrogens with two attached hydrogens (primary N) is 1. The van der Waals surface area contributed by atoms with E-state index in [-0.39, 0.29) is 24.4 Å². The van der Waals surface area contributed by atoms with Crippen molar-refractivity contribution in [2.75, 3.05) is 24.6 Å². The van der Waals surface area contributed by atoms with E-state index in [1.807, 2.05) is 31.2 Å². The van der Waals surface area contributed by atoms with Gasteiger partial charge in [-0.25, -0.2) is 4.79 Å². The summed E-state index contributed by atoms with van der Waals surface area (Å²) in [7, 11) is 0. The molecule has 1 heterocycles. The molecule has 0 radical (unpaired) electrons. The number of rotatable bonds is 7. The lowest BCUT2D eigenvalue weighted by Crippen LogP contribution is -2.24. The number of carbonyl (C=O) groups excluding carboxylic acids is 1. The average Bonchev–Trinajstić information content (AvgIpc) is 3.07. The number of fused-ring (bicyclic) bond motifs is 1. The van der Waals surface area contributed by atoms with Gasteiger partial charge in [-0.3, -0.25) is 0 Å². The number of nitrogens with zero attached hydrogens (tertiary/aromatic N) is 2. The van der Waals surface area contributed by atoms with E-state index in [0.717, 1.165) is 43.6 Å². The molecule has 1 atom stereocenters. The molecule has 0 bridgehead atoms. The molecule has 2 aromatic rings. The number of hydrogen-bond acceptors (Lipinski definition) is 5. The second-order valence-corrected chi connectivity index (χ2v) is 7.04. The molecule has 0 fully saturated rings. The fourth-order valence-corrected chi connectivity index (χ4v) is 3.57. The molecule has 28 heavy (non-hydrogen) atoms. The van der Waals surface area contributed by atoms with Gasteiger partial charge in [0.1, 0.15) is 6.07 Å². The Morgan fingerprint density at radius 2 is 2.07 bits per heavy atom. The first-order valence-electron chi connectivity index (χ1n) is 9.37. The minimum absolute atomic E-state index is 0. The van der Waals surface area contributed by atoms with Crippen LogP contribution in [0, 0.1) is 11.3 Å². The third kappa shape index (κ3) is 5.25. The third-order valence-electron chi connectivity index (χ3n) is 4.71. The number of ether oxygens (including phenoxy) is 1. The van der Waals surface area contributed by atoms with Crippen molar-refractivity contribution in [1.29, 1.82) is 5.26 Å². The number of esters is 1. The lowest BCUT2D eigenvalue weighted by atomic mass is 9.99. The highest BCUT2D eigenvalue weighted by Gasteiger charge is 2.23. The highest BCUT2D eigenvalue weighted by Crippen LogP contribution is 2.33. The molecule has 1 aliphatic heterocycles. The van der Waals surface area contributed by atoms with E-state index in [2.05, 4.69) is 17.0 Å². The number of hydrogen-bond donors (Lipinski definition) is 1. The van der Waals surface area contributed by atoms with Crippen LogP contribution in [-0.4, -0.2) is 31.7 Å². The fourth-order valence-electron chi connectivity index (χ4n) is 3.57. The monoisotopic (exact) mass is 399 g/mol. The van der Waals surface area contributed by atoms with Crippen molar-refractivity contribution in [3.05, 3.63) is 64.7 Å². The topological polar surface area (TPSA) is 79.3 Å². The van der Waals surface area contributed by atoms with Crippen LogP contribution in [0.4, 0.5) is 5.69 Å². The predicted molar refractivity (Wildman–Crippen MR) is 113 cm³/mol. The SMILES string of the molecule is C[C@@H](N)Cc1cc(C#N)c2c(c1)CCN2CCCOC(=O)c1ccccc1.Cl. The first kappa shape index (κ1) is 21.7. The maximum absolute atomic E-state index is 12.0. The highest BCUT2D eigenvalue weighted by molar-refractivity contribution is 5.89. The zero-order valence-corrected chi connectivity index (χ0v) is 16.9. The van der Waals surface area contributed by atoms with Gasteiger partial charge in [-0.1, -0.05) is 24.3 Å². The van der Waals surface area contributed by atoms with Crippen molar-refractivity contribution >= 4 is 24.1 Å². The molecule has 0 unspecified atom stereocenters.